The summed E-state index contributed by atoms with van der Waals surface area (Å²) in [6.07, 6.45) is 3.24. The molecule has 2 fully saturated rings. The van der Waals surface area contributed by atoms with Crippen molar-refractivity contribution in [2.75, 3.05) is 45.8 Å². The number of amides is 2. The Morgan fingerprint density at radius 3 is 2.43 bits per heavy atom. The summed E-state index contributed by atoms with van der Waals surface area (Å²) < 4.78 is 27.4. The van der Waals surface area contributed by atoms with Crippen LogP contribution in [0, 0.1) is 0 Å². The third-order valence-corrected chi connectivity index (χ3v) is 7.66. The van der Waals surface area contributed by atoms with Gasteiger partial charge in [-0.05, 0) is 31.4 Å². The molecule has 1 N–H and O–H groups in total. The number of hydrogen-bond donors (Lipinski definition) is 1. The van der Waals surface area contributed by atoms with Crippen LogP contribution in [0.15, 0.2) is 35.2 Å². The van der Waals surface area contributed by atoms with E-state index in [2.05, 4.69) is 12.2 Å². The molecule has 0 radical (unpaired) electrons. The Morgan fingerprint density at radius 2 is 1.77 bits per heavy atom. The van der Waals surface area contributed by atoms with Crippen molar-refractivity contribution >= 4 is 21.8 Å². The number of sulfonamides is 1. The molecule has 0 aromatic heterocycles. The van der Waals surface area contributed by atoms with Crippen LogP contribution in [0.2, 0.25) is 0 Å². The molecule has 2 aliphatic rings. The van der Waals surface area contributed by atoms with E-state index in [9.17, 15) is 18.0 Å². The van der Waals surface area contributed by atoms with Crippen molar-refractivity contribution in [1.29, 1.82) is 0 Å². The van der Waals surface area contributed by atoms with E-state index in [-0.39, 0.29) is 16.7 Å². The SMILES string of the molecule is CCCCNC(=O)CN1CCN(C(=O)C2CCCN2S(=O)(=O)c2ccccc2)CC1. The zero-order valence-corrected chi connectivity index (χ0v) is 18.4. The van der Waals surface area contributed by atoms with Crippen molar-refractivity contribution in [2.45, 2.75) is 43.5 Å². The number of nitrogens with one attached hydrogen (secondary N) is 1. The molecular weight excluding hydrogens is 404 g/mol. The van der Waals surface area contributed by atoms with Gasteiger partial charge in [-0.2, -0.15) is 4.31 Å². The fraction of sp³-hybridized carbons (Fsp3) is 0.619. The lowest BCUT2D eigenvalue weighted by Crippen LogP contribution is -2.55. The van der Waals surface area contributed by atoms with Crippen molar-refractivity contribution in [3.05, 3.63) is 30.3 Å². The summed E-state index contributed by atoms with van der Waals surface area (Å²) >= 11 is 0. The van der Waals surface area contributed by atoms with Crippen LogP contribution in [0.1, 0.15) is 32.6 Å². The van der Waals surface area contributed by atoms with E-state index in [4.69, 9.17) is 0 Å². The lowest BCUT2D eigenvalue weighted by molar-refractivity contribution is -0.136. The number of carbonyl (C=O) groups is 2. The third kappa shape index (κ3) is 5.39. The number of nitrogens with zero attached hydrogens (tertiary/aromatic N) is 3. The molecule has 2 heterocycles. The van der Waals surface area contributed by atoms with Gasteiger partial charge in [-0.25, -0.2) is 8.42 Å². The Morgan fingerprint density at radius 1 is 1.07 bits per heavy atom. The molecule has 0 saturated carbocycles. The highest BCUT2D eigenvalue weighted by Crippen LogP contribution is 2.27. The summed E-state index contributed by atoms with van der Waals surface area (Å²) in [5.74, 6) is -0.113. The van der Waals surface area contributed by atoms with Crippen LogP contribution >= 0.6 is 0 Å². The Balaban J connectivity index is 1.55. The van der Waals surface area contributed by atoms with Crippen LogP contribution in [0.5, 0.6) is 0 Å². The zero-order valence-electron chi connectivity index (χ0n) is 17.6. The fourth-order valence-electron chi connectivity index (χ4n) is 4.00. The Hall–Kier alpha value is -1.97. The van der Waals surface area contributed by atoms with Crippen LogP contribution < -0.4 is 5.32 Å². The molecule has 9 heteroatoms. The van der Waals surface area contributed by atoms with Gasteiger partial charge in [0.15, 0.2) is 0 Å². The lowest BCUT2D eigenvalue weighted by atomic mass is 10.2. The van der Waals surface area contributed by atoms with Gasteiger partial charge in [-0.3, -0.25) is 14.5 Å². The van der Waals surface area contributed by atoms with Gasteiger partial charge in [-0.15, -0.1) is 0 Å². The number of benzene rings is 1. The molecule has 166 valence electrons. The van der Waals surface area contributed by atoms with Crippen molar-refractivity contribution < 1.29 is 18.0 Å². The summed E-state index contributed by atoms with van der Waals surface area (Å²) in [6.45, 7) is 5.74. The summed E-state index contributed by atoms with van der Waals surface area (Å²) in [5.41, 5.74) is 0. The molecule has 1 unspecified atom stereocenters. The molecule has 2 aliphatic heterocycles. The third-order valence-electron chi connectivity index (χ3n) is 5.74. The maximum Gasteiger partial charge on any atom is 0.243 e. The second-order valence-electron chi connectivity index (χ2n) is 7.89. The highest BCUT2D eigenvalue weighted by molar-refractivity contribution is 7.89. The number of unbranched alkanes of at least 4 members (excludes halogenated alkanes) is 1. The average molecular weight is 437 g/mol. The van der Waals surface area contributed by atoms with Crippen molar-refractivity contribution in [1.82, 2.24) is 19.4 Å². The van der Waals surface area contributed by atoms with Gasteiger partial charge in [0.2, 0.25) is 21.8 Å². The van der Waals surface area contributed by atoms with Crippen LogP contribution in [0.3, 0.4) is 0 Å². The molecule has 1 aromatic rings. The highest BCUT2D eigenvalue weighted by Gasteiger charge is 2.41. The number of rotatable bonds is 8. The molecule has 3 rings (SSSR count). The van der Waals surface area contributed by atoms with Gasteiger partial charge < -0.3 is 10.2 Å². The van der Waals surface area contributed by atoms with Gasteiger partial charge in [-0.1, -0.05) is 31.5 Å². The molecule has 1 atom stereocenters. The van der Waals surface area contributed by atoms with Crippen molar-refractivity contribution in [2.24, 2.45) is 0 Å². The predicted molar refractivity (Wildman–Crippen MR) is 114 cm³/mol. The first kappa shape index (κ1) is 22.7. The Labute approximate surface area is 179 Å². The molecule has 2 saturated heterocycles. The molecule has 2 amide bonds. The summed E-state index contributed by atoms with van der Waals surface area (Å²) in [6, 6.07) is 7.65. The first-order valence-corrected chi connectivity index (χ1v) is 12.2. The van der Waals surface area contributed by atoms with Crippen LogP contribution in [0.4, 0.5) is 0 Å². The summed E-state index contributed by atoms with van der Waals surface area (Å²) in [5, 5.41) is 2.91. The largest absolute Gasteiger partial charge is 0.355 e. The molecule has 0 bridgehead atoms. The normalized spacial score (nSPS) is 21.0. The Bertz CT molecular complexity index is 823. The predicted octanol–water partition coefficient (Wildman–Crippen LogP) is 0.900. The quantitative estimate of drug-likeness (QED) is 0.612. The van der Waals surface area contributed by atoms with Crippen LogP contribution in [0.25, 0.3) is 0 Å². The average Bonchev–Trinajstić information content (AvgIpc) is 3.25. The minimum absolute atomic E-state index is 0.0131. The van der Waals surface area contributed by atoms with Crippen LogP contribution in [-0.4, -0.2) is 86.2 Å². The van der Waals surface area contributed by atoms with E-state index >= 15 is 0 Å². The van der Waals surface area contributed by atoms with Gasteiger partial charge >= 0.3 is 0 Å². The maximum absolute atomic E-state index is 13.1. The second kappa shape index (κ2) is 10.4. The van der Waals surface area contributed by atoms with Crippen LogP contribution in [-0.2, 0) is 19.6 Å². The molecule has 1 aromatic carbocycles. The lowest BCUT2D eigenvalue weighted by Gasteiger charge is -2.36. The van der Waals surface area contributed by atoms with Gasteiger partial charge in [0.05, 0.1) is 11.4 Å². The fourth-order valence-corrected chi connectivity index (χ4v) is 5.68. The zero-order chi connectivity index (χ0) is 21.6. The van der Waals surface area contributed by atoms with Gasteiger partial charge in [0, 0.05) is 39.3 Å². The minimum atomic E-state index is -3.69. The van der Waals surface area contributed by atoms with E-state index in [0.29, 0.717) is 58.7 Å². The van der Waals surface area contributed by atoms with Crippen molar-refractivity contribution in [3.8, 4) is 0 Å². The summed E-state index contributed by atoms with van der Waals surface area (Å²) in [4.78, 5) is 29.1. The Kier molecular flexibility index (Phi) is 7.85. The topological polar surface area (TPSA) is 90.0 Å². The number of carbonyl (C=O) groups excluding carboxylic acids is 2. The van der Waals surface area contributed by atoms with E-state index < -0.39 is 16.1 Å². The number of piperazine rings is 1. The summed E-state index contributed by atoms with van der Waals surface area (Å²) in [7, 11) is -3.69. The van der Waals surface area contributed by atoms with Crippen molar-refractivity contribution in [3.63, 3.8) is 0 Å². The van der Waals surface area contributed by atoms with E-state index in [1.807, 2.05) is 4.90 Å². The molecule has 30 heavy (non-hydrogen) atoms. The maximum atomic E-state index is 13.1. The standard InChI is InChI=1S/C21H32N4O4S/c1-2-3-11-22-20(26)17-23-13-15-24(16-14-23)21(27)19-10-7-12-25(19)30(28,29)18-8-5-4-6-9-18/h4-6,8-9,19H,2-3,7,10-17H2,1H3,(H,22,26). The molecule has 0 spiro atoms. The molecule has 8 nitrogen and oxygen atoms in total. The minimum Gasteiger partial charge on any atom is -0.355 e. The van der Waals surface area contributed by atoms with E-state index in [1.54, 1.807) is 35.2 Å². The monoisotopic (exact) mass is 436 g/mol. The van der Waals surface area contributed by atoms with E-state index in [1.165, 1.54) is 4.31 Å². The first-order valence-electron chi connectivity index (χ1n) is 10.8. The first-order chi connectivity index (χ1) is 14.4. The number of hydrogen-bond acceptors (Lipinski definition) is 5. The highest BCUT2D eigenvalue weighted by atomic mass is 32.2. The van der Waals surface area contributed by atoms with Gasteiger partial charge in [0.1, 0.15) is 6.04 Å². The van der Waals surface area contributed by atoms with E-state index in [0.717, 1.165) is 12.8 Å². The molecular formula is C21H32N4O4S. The molecule has 0 aliphatic carbocycles. The smallest absolute Gasteiger partial charge is 0.243 e. The van der Waals surface area contributed by atoms with Gasteiger partial charge in [0.25, 0.3) is 0 Å². The second-order valence-corrected chi connectivity index (χ2v) is 9.78.